The fourth-order valence-corrected chi connectivity index (χ4v) is 3.10. The largest absolute Gasteiger partial charge is 0.396 e. The number of anilines is 1. The Morgan fingerprint density at radius 3 is 2.96 bits per heavy atom. The second-order valence-electron chi connectivity index (χ2n) is 6.51. The summed E-state index contributed by atoms with van der Waals surface area (Å²) in [6.45, 7) is 5.65. The topological polar surface area (TPSA) is 64.6 Å². The normalized spacial score (nSPS) is 18.1. The van der Waals surface area contributed by atoms with E-state index < -0.39 is 0 Å². The van der Waals surface area contributed by atoms with Crippen LogP contribution in [0, 0.1) is 0 Å². The van der Waals surface area contributed by atoms with Crippen LogP contribution in [0.1, 0.15) is 45.1 Å². The van der Waals surface area contributed by atoms with Gasteiger partial charge in [0.05, 0.1) is 0 Å². The number of aliphatic hydroxyl groups is 1. The van der Waals surface area contributed by atoms with Crippen molar-refractivity contribution in [2.24, 2.45) is 0 Å². The summed E-state index contributed by atoms with van der Waals surface area (Å²) in [4.78, 5) is 14.3. The maximum absolute atomic E-state index is 12.4. The van der Waals surface area contributed by atoms with Crippen LogP contribution < -0.4 is 10.6 Å². The Hall–Kier alpha value is -1.75. The lowest BCUT2D eigenvalue weighted by atomic mass is 10.0. The summed E-state index contributed by atoms with van der Waals surface area (Å²) in [5.74, 6) is 0. The van der Waals surface area contributed by atoms with Gasteiger partial charge in [0.25, 0.3) is 0 Å². The number of hydrogen-bond acceptors (Lipinski definition) is 3. The number of likely N-dealkylation sites (tertiary alicyclic amines) is 1. The number of piperidine rings is 1. The minimum absolute atomic E-state index is 0.0228. The van der Waals surface area contributed by atoms with Gasteiger partial charge in [-0.25, -0.2) is 4.79 Å². The summed E-state index contributed by atoms with van der Waals surface area (Å²) in [7, 11) is 0. The highest BCUT2D eigenvalue weighted by atomic mass is 16.3. The standard InChI is InChI=1S/C18H29N3O2/c1-14(2)20-16-7-5-6-15(12-16)13-19-18(23)21-10-4-3-8-17(21)9-11-22/h5-7,12,14,17,20,22H,3-4,8-11,13H2,1-2H3,(H,19,23)/t17-/m0/s1. The smallest absolute Gasteiger partial charge is 0.317 e. The lowest BCUT2D eigenvalue weighted by Gasteiger charge is -2.35. The molecule has 0 bridgehead atoms. The molecule has 1 fully saturated rings. The number of carbonyl (C=O) groups excluding carboxylic acids is 1. The van der Waals surface area contributed by atoms with E-state index in [1.165, 1.54) is 0 Å². The Balaban J connectivity index is 1.90. The first-order valence-electron chi connectivity index (χ1n) is 8.61. The molecule has 0 radical (unpaired) electrons. The number of nitrogens with one attached hydrogen (secondary N) is 2. The van der Waals surface area contributed by atoms with Gasteiger partial charge in [-0.3, -0.25) is 0 Å². The lowest BCUT2D eigenvalue weighted by molar-refractivity contribution is 0.131. The van der Waals surface area contributed by atoms with Crippen LogP contribution in [0.3, 0.4) is 0 Å². The van der Waals surface area contributed by atoms with E-state index in [-0.39, 0.29) is 18.7 Å². The number of nitrogens with zero attached hydrogens (tertiary/aromatic N) is 1. The molecule has 1 saturated heterocycles. The van der Waals surface area contributed by atoms with Crippen molar-refractivity contribution in [1.29, 1.82) is 0 Å². The van der Waals surface area contributed by atoms with Crippen molar-refractivity contribution < 1.29 is 9.90 Å². The molecule has 128 valence electrons. The highest BCUT2D eigenvalue weighted by molar-refractivity contribution is 5.74. The summed E-state index contributed by atoms with van der Waals surface area (Å²) in [5.41, 5.74) is 2.16. The van der Waals surface area contributed by atoms with E-state index in [1.54, 1.807) is 0 Å². The molecule has 1 aliphatic heterocycles. The Kier molecular flexibility index (Phi) is 6.71. The zero-order chi connectivity index (χ0) is 16.7. The summed E-state index contributed by atoms with van der Waals surface area (Å²) < 4.78 is 0. The molecule has 0 aromatic heterocycles. The Labute approximate surface area is 139 Å². The maximum Gasteiger partial charge on any atom is 0.317 e. The highest BCUT2D eigenvalue weighted by Gasteiger charge is 2.25. The Bertz CT molecular complexity index is 503. The van der Waals surface area contributed by atoms with Crippen molar-refractivity contribution in [3.05, 3.63) is 29.8 Å². The van der Waals surface area contributed by atoms with Crippen LogP contribution in [0.4, 0.5) is 10.5 Å². The molecule has 0 unspecified atom stereocenters. The van der Waals surface area contributed by atoms with Gasteiger partial charge in [0.1, 0.15) is 0 Å². The molecule has 3 N–H and O–H groups in total. The van der Waals surface area contributed by atoms with E-state index in [9.17, 15) is 4.79 Å². The number of rotatable bonds is 6. The predicted molar refractivity (Wildman–Crippen MR) is 93.5 cm³/mol. The monoisotopic (exact) mass is 319 g/mol. The minimum atomic E-state index is -0.0228. The first-order valence-corrected chi connectivity index (χ1v) is 8.61. The third-order valence-electron chi connectivity index (χ3n) is 4.18. The second-order valence-corrected chi connectivity index (χ2v) is 6.51. The van der Waals surface area contributed by atoms with Crippen molar-refractivity contribution in [2.75, 3.05) is 18.5 Å². The summed E-state index contributed by atoms with van der Waals surface area (Å²) >= 11 is 0. The van der Waals surface area contributed by atoms with E-state index in [4.69, 9.17) is 5.11 Å². The zero-order valence-electron chi connectivity index (χ0n) is 14.2. The highest BCUT2D eigenvalue weighted by Crippen LogP contribution is 2.19. The number of amides is 2. The van der Waals surface area contributed by atoms with Gasteiger partial charge in [-0.05, 0) is 57.2 Å². The average molecular weight is 319 g/mol. The first kappa shape index (κ1) is 17.6. The van der Waals surface area contributed by atoms with Crippen LogP contribution in [0.5, 0.6) is 0 Å². The molecule has 0 spiro atoms. The van der Waals surface area contributed by atoms with Gasteiger partial charge in [-0.15, -0.1) is 0 Å². The van der Waals surface area contributed by atoms with E-state index >= 15 is 0 Å². The average Bonchev–Trinajstić information content (AvgIpc) is 2.53. The van der Waals surface area contributed by atoms with Crippen LogP contribution in [0.15, 0.2) is 24.3 Å². The fraction of sp³-hybridized carbons (Fsp3) is 0.611. The summed E-state index contributed by atoms with van der Waals surface area (Å²) in [6, 6.07) is 8.66. The fourth-order valence-electron chi connectivity index (χ4n) is 3.10. The van der Waals surface area contributed by atoms with Crippen LogP contribution in [-0.4, -0.2) is 41.3 Å². The van der Waals surface area contributed by atoms with Crippen LogP contribution in [0.25, 0.3) is 0 Å². The van der Waals surface area contributed by atoms with Crippen molar-refractivity contribution >= 4 is 11.7 Å². The van der Waals surface area contributed by atoms with E-state index in [1.807, 2.05) is 23.1 Å². The molecule has 2 amide bonds. The SMILES string of the molecule is CC(C)Nc1cccc(CNC(=O)N2CCCC[C@H]2CCO)c1. The van der Waals surface area contributed by atoms with Gasteiger partial charge in [0.2, 0.25) is 0 Å². The van der Waals surface area contributed by atoms with E-state index in [2.05, 4.69) is 30.5 Å². The van der Waals surface area contributed by atoms with Crippen LogP contribution in [0.2, 0.25) is 0 Å². The van der Waals surface area contributed by atoms with Crippen LogP contribution in [-0.2, 0) is 6.54 Å². The number of carbonyl (C=O) groups is 1. The Morgan fingerprint density at radius 2 is 2.22 bits per heavy atom. The molecular formula is C18H29N3O2. The first-order chi connectivity index (χ1) is 11.1. The van der Waals surface area contributed by atoms with E-state index in [0.29, 0.717) is 19.0 Å². The molecule has 1 aliphatic rings. The van der Waals surface area contributed by atoms with Gasteiger partial charge in [0.15, 0.2) is 0 Å². The minimum Gasteiger partial charge on any atom is -0.396 e. The molecule has 2 rings (SSSR count). The van der Waals surface area contributed by atoms with Gasteiger partial charge in [0, 0.05) is 37.5 Å². The zero-order valence-corrected chi connectivity index (χ0v) is 14.2. The molecule has 1 heterocycles. The third kappa shape index (κ3) is 5.43. The van der Waals surface area contributed by atoms with Crippen molar-refractivity contribution in [1.82, 2.24) is 10.2 Å². The van der Waals surface area contributed by atoms with Gasteiger partial charge >= 0.3 is 6.03 Å². The molecule has 5 heteroatoms. The van der Waals surface area contributed by atoms with Crippen LogP contribution >= 0.6 is 0 Å². The molecule has 23 heavy (non-hydrogen) atoms. The molecule has 0 saturated carbocycles. The third-order valence-corrected chi connectivity index (χ3v) is 4.18. The molecular weight excluding hydrogens is 290 g/mol. The summed E-state index contributed by atoms with van der Waals surface area (Å²) in [5, 5.41) is 15.5. The van der Waals surface area contributed by atoms with Gasteiger partial charge < -0.3 is 20.6 Å². The summed E-state index contributed by atoms with van der Waals surface area (Å²) in [6.07, 6.45) is 3.84. The number of benzene rings is 1. The van der Waals surface area contributed by atoms with Gasteiger partial charge in [-0.1, -0.05) is 12.1 Å². The van der Waals surface area contributed by atoms with Crippen molar-refractivity contribution in [3.63, 3.8) is 0 Å². The van der Waals surface area contributed by atoms with Crippen molar-refractivity contribution in [2.45, 2.75) is 58.2 Å². The maximum atomic E-state index is 12.4. The molecule has 1 atom stereocenters. The predicted octanol–water partition coefficient (Wildman–Crippen LogP) is 2.95. The Morgan fingerprint density at radius 1 is 1.39 bits per heavy atom. The number of urea groups is 1. The number of aliphatic hydroxyl groups excluding tert-OH is 1. The molecule has 1 aromatic carbocycles. The molecule has 5 nitrogen and oxygen atoms in total. The molecule has 0 aliphatic carbocycles. The van der Waals surface area contributed by atoms with E-state index in [0.717, 1.165) is 37.1 Å². The quantitative estimate of drug-likeness (QED) is 0.755. The van der Waals surface area contributed by atoms with Gasteiger partial charge in [-0.2, -0.15) is 0 Å². The van der Waals surface area contributed by atoms with Crippen molar-refractivity contribution in [3.8, 4) is 0 Å². The number of hydrogen-bond donors (Lipinski definition) is 3. The molecule has 1 aromatic rings. The lowest BCUT2D eigenvalue weighted by Crippen LogP contribution is -2.48. The second kappa shape index (κ2) is 8.77.